The van der Waals surface area contributed by atoms with E-state index in [4.69, 9.17) is 14.2 Å². The van der Waals surface area contributed by atoms with E-state index in [1.54, 1.807) is 12.1 Å². The number of carbonyl (C=O) groups is 1. The molecule has 2 aromatic carbocycles. The van der Waals surface area contributed by atoms with E-state index in [0.29, 0.717) is 48.7 Å². The fraction of sp³-hybridized carbons (Fsp3) is 0.480. The molecule has 0 radical (unpaired) electrons. The van der Waals surface area contributed by atoms with Gasteiger partial charge < -0.3 is 24.4 Å². The van der Waals surface area contributed by atoms with Crippen molar-refractivity contribution in [2.24, 2.45) is 0 Å². The molecule has 1 saturated heterocycles. The van der Waals surface area contributed by atoms with Gasteiger partial charge in [-0.25, -0.2) is 0 Å². The number of carbonyl (C=O) groups excluding carboxylic acids is 1. The van der Waals surface area contributed by atoms with Crippen molar-refractivity contribution in [2.75, 3.05) is 36.6 Å². The maximum Gasteiger partial charge on any atom is 0.255 e. The van der Waals surface area contributed by atoms with Crippen molar-refractivity contribution in [1.82, 2.24) is 0 Å². The number of nitrogens with one attached hydrogen (secondary N) is 1. The summed E-state index contributed by atoms with van der Waals surface area (Å²) < 4.78 is 17.2. The summed E-state index contributed by atoms with van der Waals surface area (Å²) in [6.07, 6.45) is 3.74. The second kappa shape index (κ2) is 10.9. The number of hydrogen-bond acceptors (Lipinski definition) is 5. The number of benzene rings is 2. The summed E-state index contributed by atoms with van der Waals surface area (Å²) in [5.74, 6) is 1.33. The number of nitrogens with zero attached hydrogens (tertiary/aromatic N) is 1. The maximum absolute atomic E-state index is 13.0. The third kappa shape index (κ3) is 5.63. The molecule has 0 saturated carbocycles. The highest BCUT2D eigenvalue weighted by Crippen LogP contribution is 2.39. The smallest absolute Gasteiger partial charge is 0.255 e. The lowest BCUT2D eigenvalue weighted by Gasteiger charge is -2.35. The highest BCUT2D eigenvalue weighted by Gasteiger charge is 2.20. The van der Waals surface area contributed by atoms with Gasteiger partial charge in [-0.1, -0.05) is 0 Å². The van der Waals surface area contributed by atoms with Crippen LogP contribution < -0.4 is 24.4 Å². The Kier molecular flexibility index (Phi) is 8.04. The van der Waals surface area contributed by atoms with Gasteiger partial charge in [-0.05, 0) is 83.4 Å². The van der Waals surface area contributed by atoms with E-state index < -0.39 is 0 Å². The molecule has 31 heavy (non-hydrogen) atoms. The minimum atomic E-state index is -0.218. The lowest BCUT2D eigenvalue weighted by atomic mass is 10.0. The van der Waals surface area contributed by atoms with Crippen molar-refractivity contribution < 1.29 is 19.0 Å². The van der Waals surface area contributed by atoms with E-state index in [1.165, 1.54) is 24.9 Å². The Morgan fingerprint density at radius 2 is 1.58 bits per heavy atom. The molecule has 1 heterocycles. The number of amides is 1. The second-order valence-corrected chi connectivity index (χ2v) is 7.64. The quantitative estimate of drug-likeness (QED) is 0.573. The molecule has 0 unspecified atom stereocenters. The van der Waals surface area contributed by atoms with Crippen LogP contribution in [0.15, 0.2) is 36.4 Å². The van der Waals surface area contributed by atoms with E-state index in [2.05, 4.69) is 29.3 Å². The third-order valence-electron chi connectivity index (χ3n) is 5.43. The van der Waals surface area contributed by atoms with Gasteiger partial charge in [0.1, 0.15) is 0 Å². The molecule has 3 rings (SSSR count). The SMILES string of the molecule is CCOc1cc(C(=O)Nc2ccc(N3CCCC[C@@H]3C)cc2)cc(OCC)c1OCC. The van der Waals surface area contributed by atoms with E-state index >= 15 is 0 Å². The Morgan fingerprint density at radius 1 is 0.968 bits per heavy atom. The fourth-order valence-corrected chi connectivity index (χ4v) is 3.94. The van der Waals surface area contributed by atoms with Crippen molar-refractivity contribution in [2.45, 2.75) is 53.0 Å². The van der Waals surface area contributed by atoms with Crippen LogP contribution in [0.2, 0.25) is 0 Å². The maximum atomic E-state index is 13.0. The summed E-state index contributed by atoms with van der Waals surface area (Å²) in [6, 6.07) is 12.0. The van der Waals surface area contributed by atoms with Crippen LogP contribution >= 0.6 is 0 Å². The summed E-state index contributed by atoms with van der Waals surface area (Å²) >= 11 is 0. The molecule has 0 spiro atoms. The van der Waals surface area contributed by atoms with E-state index in [1.807, 2.05) is 32.9 Å². The number of piperidine rings is 1. The molecule has 1 atom stereocenters. The van der Waals surface area contributed by atoms with Gasteiger partial charge in [-0.2, -0.15) is 0 Å². The van der Waals surface area contributed by atoms with Crippen LogP contribution in [0.4, 0.5) is 11.4 Å². The zero-order valence-electron chi connectivity index (χ0n) is 19.1. The number of ether oxygens (including phenoxy) is 3. The van der Waals surface area contributed by atoms with Crippen molar-refractivity contribution in [3.05, 3.63) is 42.0 Å². The van der Waals surface area contributed by atoms with Crippen LogP contribution in [0, 0.1) is 0 Å². The second-order valence-electron chi connectivity index (χ2n) is 7.64. The minimum absolute atomic E-state index is 0.218. The lowest BCUT2D eigenvalue weighted by Crippen LogP contribution is -2.37. The predicted octanol–water partition coefficient (Wildman–Crippen LogP) is 5.51. The summed E-state index contributed by atoms with van der Waals surface area (Å²) in [7, 11) is 0. The summed E-state index contributed by atoms with van der Waals surface area (Å²) in [5, 5.41) is 2.98. The highest BCUT2D eigenvalue weighted by molar-refractivity contribution is 6.05. The molecule has 1 amide bonds. The average molecular weight is 427 g/mol. The van der Waals surface area contributed by atoms with Crippen LogP contribution in [0.25, 0.3) is 0 Å². The first-order chi connectivity index (χ1) is 15.1. The molecule has 0 bridgehead atoms. The zero-order chi connectivity index (χ0) is 22.2. The van der Waals surface area contributed by atoms with Crippen molar-refractivity contribution in [3.63, 3.8) is 0 Å². The number of anilines is 2. The summed E-state index contributed by atoms with van der Waals surface area (Å²) in [5.41, 5.74) is 2.41. The molecule has 1 aliphatic rings. The molecule has 6 nitrogen and oxygen atoms in total. The fourth-order valence-electron chi connectivity index (χ4n) is 3.94. The van der Waals surface area contributed by atoms with Gasteiger partial charge in [0.25, 0.3) is 5.91 Å². The number of hydrogen-bond donors (Lipinski definition) is 1. The molecule has 6 heteroatoms. The zero-order valence-corrected chi connectivity index (χ0v) is 19.1. The van der Waals surface area contributed by atoms with Gasteiger partial charge in [0.2, 0.25) is 5.75 Å². The van der Waals surface area contributed by atoms with Crippen LogP contribution in [0.5, 0.6) is 17.2 Å². The molecule has 0 aliphatic carbocycles. The van der Waals surface area contributed by atoms with Crippen LogP contribution in [0.1, 0.15) is 57.3 Å². The van der Waals surface area contributed by atoms with Gasteiger partial charge in [-0.3, -0.25) is 4.79 Å². The van der Waals surface area contributed by atoms with Gasteiger partial charge >= 0.3 is 0 Å². The van der Waals surface area contributed by atoms with Crippen LogP contribution in [0.3, 0.4) is 0 Å². The summed E-state index contributed by atoms with van der Waals surface area (Å²) in [4.78, 5) is 15.4. The first kappa shape index (κ1) is 22.8. The van der Waals surface area contributed by atoms with Gasteiger partial charge in [0, 0.05) is 29.5 Å². The van der Waals surface area contributed by atoms with Crippen LogP contribution in [-0.2, 0) is 0 Å². The van der Waals surface area contributed by atoms with Gasteiger partial charge in [-0.15, -0.1) is 0 Å². The molecule has 1 fully saturated rings. The minimum Gasteiger partial charge on any atom is -0.490 e. The predicted molar refractivity (Wildman–Crippen MR) is 125 cm³/mol. The Labute approximate surface area is 185 Å². The standard InChI is InChI=1S/C25H34N2O4/c1-5-29-22-16-19(17-23(30-6-2)24(22)31-7-3)25(28)26-20-11-13-21(14-12-20)27-15-9-8-10-18(27)4/h11-14,16-18H,5-10,15H2,1-4H3,(H,26,28)/t18-/m0/s1. The first-order valence-electron chi connectivity index (χ1n) is 11.3. The average Bonchev–Trinajstić information content (AvgIpc) is 2.77. The molecule has 1 aliphatic heterocycles. The third-order valence-corrected chi connectivity index (χ3v) is 5.43. The van der Waals surface area contributed by atoms with E-state index in [-0.39, 0.29) is 5.91 Å². The topological polar surface area (TPSA) is 60.0 Å². The van der Waals surface area contributed by atoms with Gasteiger partial charge in [0.05, 0.1) is 19.8 Å². The monoisotopic (exact) mass is 426 g/mol. The highest BCUT2D eigenvalue weighted by atomic mass is 16.5. The molecule has 168 valence electrons. The molecule has 0 aromatic heterocycles. The van der Waals surface area contributed by atoms with Gasteiger partial charge in [0.15, 0.2) is 11.5 Å². The summed E-state index contributed by atoms with van der Waals surface area (Å²) in [6.45, 7) is 10.5. The Bertz CT molecular complexity index is 839. The molecule has 2 aromatic rings. The molecule has 1 N–H and O–H groups in total. The Morgan fingerprint density at radius 3 is 2.13 bits per heavy atom. The number of rotatable bonds is 9. The van der Waals surface area contributed by atoms with E-state index in [0.717, 1.165) is 12.2 Å². The van der Waals surface area contributed by atoms with Crippen molar-refractivity contribution in [3.8, 4) is 17.2 Å². The van der Waals surface area contributed by atoms with E-state index in [9.17, 15) is 4.79 Å². The van der Waals surface area contributed by atoms with Crippen molar-refractivity contribution in [1.29, 1.82) is 0 Å². The first-order valence-corrected chi connectivity index (χ1v) is 11.3. The largest absolute Gasteiger partial charge is 0.490 e. The Hall–Kier alpha value is -2.89. The normalized spacial score (nSPS) is 16.0. The Balaban J connectivity index is 1.79. The van der Waals surface area contributed by atoms with Crippen LogP contribution in [-0.4, -0.2) is 38.3 Å². The molecular formula is C25H34N2O4. The van der Waals surface area contributed by atoms with Crippen molar-refractivity contribution >= 4 is 17.3 Å². The molecular weight excluding hydrogens is 392 g/mol. The lowest BCUT2D eigenvalue weighted by molar-refractivity contribution is 0.102.